The second-order valence-electron chi connectivity index (χ2n) is 3.36. The average Bonchev–Trinajstić information content (AvgIpc) is 2.24. The molecule has 0 bridgehead atoms. The Kier molecular flexibility index (Phi) is 5.42. The number of ether oxygens (including phenoxy) is 1. The molecule has 88 valence electrons. The minimum absolute atomic E-state index is 0.116. The summed E-state index contributed by atoms with van der Waals surface area (Å²) in [6, 6.07) is 3.07. The highest BCUT2D eigenvalue weighted by atomic mass is 35.5. The lowest BCUT2D eigenvalue weighted by Gasteiger charge is -2.11. The molecular formula is C10H13BCl2O3. The Balaban J connectivity index is 2.85. The van der Waals surface area contributed by atoms with Gasteiger partial charge in [-0.15, -0.1) is 0 Å². The van der Waals surface area contributed by atoms with Crippen LogP contribution in [-0.4, -0.2) is 23.8 Å². The molecule has 0 amide bonds. The van der Waals surface area contributed by atoms with Crippen molar-refractivity contribution in [2.45, 2.75) is 19.8 Å². The molecule has 0 radical (unpaired) electrons. The molecule has 1 aromatic carbocycles. The first kappa shape index (κ1) is 13.6. The van der Waals surface area contributed by atoms with Crippen molar-refractivity contribution in [3.05, 3.63) is 22.2 Å². The fraction of sp³-hybridized carbons (Fsp3) is 0.400. The van der Waals surface area contributed by atoms with Crippen LogP contribution in [0.4, 0.5) is 0 Å². The lowest BCUT2D eigenvalue weighted by molar-refractivity contribution is 0.309. The first-order valence-corrected chi connectivity index (χ1v) is 5.80. The predicted molar refractivity (Wildman–Crippen MR) is 66.7 cm³/mol. The van der Waals surface area contributed by atoms with Gasteiger partial charge in [-0.1, -0.05) is 42.6 Å². The van der Waals surface area contributed by atoms with Crippen LogP contribution in [0.1, 0.15) is 19.8 Å². The van der Waals surface area contributed by atoms with E-state index in [1.165, 1.54) is 6.07 Å². The Bertz CT molecular complexity index is 358. The van der Waals surface area contributed by atoms with Crippen molar-refractivity contribution in [2.75, 3.05) is 6.61 Å². The largest absolute Gasteiger partial charge is 0.492 e. The fourth-order valence-electron chi connectivity index (χ4n) is 1.18. The van der Waals surface area contributed by atoms with Gasteiger partial charge in [-0.25, -0.2) is 0 Å². The zero-order valence-corrected chi connectivity index (χ0v) is 10.4. The molecule has 2 N–H and O–H groups in total. The molecule has 0 heterocycles. The molecule has 0 saturated carbocycles. The summed E-state index contributed by atoms with van der Waals surface area (Å²) < 4.78 is 5.41. The number of halogens is 2. The van der Waals surface area contributed by atoms with Crippen LogP contribution in [0, 0.1) is 0 Å². The summed E-state index contributed by atoms with van der Waals surface area (Å²) in [5.41, 5.74) is 0.175. The van der Waals surface area contributed by atoms with Crippen molar-refractivity contribution >= 4 is 35.8 Å². The highest BCUT2D eigenvalue weighted by Crippen LogP contribution is 2.30. The first-order valence-electron chi connectivity index (χ1n) is 5.04. The van der Waals surface area contributed by atoms with E-state index in [0.29, 0.717) is 12.4 Å². The topological polar surface area (TPSA) is 49.7 Å². The third-order valence-corrected chi connectivity index (χ3v) is 2.99. The number of benzene rings is 1. The van der Waals surface area contributed by atoms with Crippen molar-refractivity contribution < 1.29 is 14.8 Å². The maximum atomic E-state index is 9.01. The Morgan fingerprint density at radius 2 is 1.94 bits per heavy atom. The quantitative estimate of drug-likeness (QED) is 0.629. The van der Waals surface area contributed by atoms with Gasteiger partial charge in [0, 0.05) is 5.46 Å². The van der Waals surface area contributed by atoms with E-state index in [1.807, 2.05) is 0 Å². The van der Waals surface area contributed by atoms with E-state index in [4.69, 9.17) is 38.0 Å². The van der Waals surface area contributed by atoms with Gasteiger partial charge in [0.15, 0.2) is 0 Å². The Hall–Kier alpha value is -0.415. The predicted octanol–water partition coefficient (Wildman–Crippen LogP) is 1.85. The van der Waals surface area contributed by atoms with Gasteiger partial charge >= 0.3 is 7.12 Å². The van der Waals surface area contributed by atoms with Gasteiger partial charge in [-0.05, 0) is 12.5 Å². The van der Waals surface area contributed by atoms with E-state index < -0.39 is 7.12 Å². The van der Waals surface area contributed by atoms with Crippen LogP contribution in [-0.2, 0) is 0 Å². The summed E-state index contributed by atoms with van der Waals surface area (Å²) in [4.78, 5) is 0. The highest BCUT2D eigenvalue weighted by Gasteiger charge is 2.19. The molecule has 0 saturated heterocycles. The van der Waals surface area contributed by atoms with Crippen molar-refractivity contribution in [1.82, 2.24) is 0 Å². The molecule has 1 aromatic rings. The van der Waals surface area contributed by atoms with E-state index >= 15 is 0 Å². The van der Waals surface area contributed by atoms with Crippen LogP contribution in [0.5, 0.6) is 5.75 Å². The summed E-state index contributed by atoms with van der Waals surface area (Å²) in [6.45, 7) is 2.62. The number of hydrogen-bond acceptors (Lipinski definition) is 3. The summed E-state index contributed by atoms with van der Waals surface area (Å²) in [7, 11) is -1.63. The SMILES string of the molecule is CCCCOc1ccc(B(O)O)c(Cl)c1Cl. The Morgan fingerprint density at radius 1 is 1.25 bits per heavy atom. The number of rotatable bonds is 5. The van der Waals surface area contributed by atoms with E-state index in [9.17, 15) is 0 Å². The molecule has 0 aliphatic carbocycles. The molecule has 0 fully saturated rings. The first-order chi connectivity index (χ1) is 7.57. The van der Waals surface area contributed by atoms with Gasteiger partial charge in [0.1, 0.15) is 10.8 Å². The lowest BCUT2D eigenvalue weighted by Crippen LogP contribution is -2.30. The number of hydrogen-bond donors (Lipinski definition) is 2. The van der Waals surface area contributed by atoms with Crippen molar-refractivity contribution in [1.29, 1.82) is 0 Å². The summed E-state index contributed by atoms with van der Waals surface area (Å²) in [5.74, 6) is 0.463. The highest BCUT2D eigenvalue weighted by molar-refractivity contribution is 6.64. The molecule has 6 heteroatoms. The van der Waals surface area contributed by atoms with Crippen LogP contribution in [0.3, 0.4) is 0 Å². The standard InChI is InChI=1S/C10H13BCl2O3/c1-2-3-6-16-8-5-4-7(11(14)15)9(12)10(8)13/h4-5,14-15H,2-3,6H2,1H3. The van der Waals surface area contributed by atoms with Crippen molar-refractivity contribution in [3.8, 4) is 5.75 Å². The van der Waals surface area contributed by atoms with Gasteiger partial charge in [-0.3, -0.25) is 0 Å². The van der Waals surface area contributed by atoms with Crippen molar-refractivity contribution in [3.63, 3.8) is 0 Å². The molecule has 0 spiro atoms. The Labute approximate surface area is 105 Å². The zero-order chi connectivity index (χ0) is 12.1. The van der Waals surface area contributed by atoms with E-state index in [0.717, 1.165) is 12.8 Å². The van der Waals surface area contributed by atoms with Crippen LogP contribution in [0.15, 0.2) is 12.1 Å². The van der Waals surface area contributed by atoms with Crippen LogP contribution in [0.25, 0.3) is 0 Å². The number of unbranched alkanes of at least 4 members (excludes halogenated alkanes) is 1. The monoisotopic (exact) mass is 262 g/mol. The van der Waals surface area contributed by atoms with E-state index in [-0.39, 0.29) is 15.5 Å². The zero-order valence-electron chi connectivity index (χ0n) is 8.91. The molecule has 0 aliphatic rings. The Morgan fingerprint density at radius 3 is 2.50 bits per heavy atom. The molecule has 1 rings (SSSR count). The van der Waals surface area contributed by atoms with Crippen LogP contribution in [0.2, 0.25) is 10.0 Å². The third kappa shape index (κ3) is 3.29. The van der Waals surface area contributed by atoms with Gasteiger partial charge in [-0.2, -0.15) is 0 Å². The minimum atomic E-state index is -1.63. The average molecular weight is 263 g/mol. The minimum Gasteiger partial charge on any atom is -0.492 e. The lowest BCUT2D eigenvalue weighted by atomic mass is 9.80. The van der Waals surface area contributed by atoms with Gasteiger partial charge < -0.3 is 14.8 Å². The molecule has 3 nitrogen and oxygen atoms in total. The second kappa shape index (κ2) is 6.35. The normalized spacial score (nSPS) is 10.3. The molecule has 0 aromatic heterocycles. The second-order valence-corrected chi connectivity index (χ2v) is 4.11. The van der Waals surface area contributed by atoms with Gasteiger partial charge in [0.05, 0.1) is 11.6 Å². The molecule has 0 atom stereocenters. The summed E-state index contributed by atoms with van der Waals surface area (Å²) in [6.07, 6.45) is 1.96. The molecule has 16 heavy (non-hydrogen) atoms. The van der Waals surface area contributed by atoms with E-state index in [1.54, 1.807) is 6.07 Å². The maximum Gasteiger partial charge on any atom is 0.490 e. The van der Waals surface area contributed by atoms with Crippen LogP contribution < -0.4 is 10.2 Å². The summed E-state index contributed by atoms with van der Waals surface area (Å²) in [5, 5.41) is 18.3. The maximum absolute atomic E-state index is 9.01. The smallest absolute Gasteiger partial charge is 0.490 e. The molecule has 0 unspecified atom stereocenters. The summed E-state index contributed by atoms with van der Waals surface area (Å²) >= 11 is 11.8. The third-order valence-electron chi connectivity index (χ3n) is 2.11. The molecular weight excluding hydrogens is 250 g/mol. The van der Waals surface area contributed by atoms with Crippen LogP contribution >= 0.6 is 23.2 Å². The fourth-order valence-corrected chi connectivity index (χ4v) is 1.66. The van der Waals surface area contributed by atoms with Gasteiger partial charge in [0.25, 0.3) is 0 Å². The van der Waals surface area contributed by atoms with E-state index in [2.05, 4.69) is 6.92 Å². The van der Waals surface area contributed by atoms with Crippen molar-refractivity contribution in [2.24, 2.45) is 0 Å². The van der Waals surface area contributed by atoms with Gasteiger partial charge in [0.2, 0.25) is 0 Å². The molecule has 0 aliphatic heterocycles.